The number of carbonyl (C=O) groups is 1. The molecule has 0 saturated heterocycles. The number of carbonyl (C=O) groups excluding carboxylic acids is 1. The van der Waals surface area contributed by atoms with Gasteiger partial charge in [0, 0.05) is 6.08 Å². The van der Waals surface area contributed by atoms with E-state index in [9.17, 15) is 4.79 Å². The number of ether oxygens (including phenoxy) is 1. The minimum Gasteiger partial charge on any atom is -0.463 e. The van der Waals surface area contributed by atoms with Crippen LogP contribution in [0.3, 0.4) is 0 Å². The average Bonchev–Trinajstić information content (AvgIpc) is 2.05. The van der Waals surface area contributed by atoms with E-state index in [1.807, 2.05) is 6.92 Å². The van der Waals surface area contributed by atoms with Gasteiger partial charge in [-0.05, 0) is 18.9 Å². The van der Waals surface area contributed by atoms with Crippen molar-refractivity contribution in [2.45, 2.75) is 26.7 Å². The van der Waals surface area contributed by atoms with Crippen molar-refractivity contribution in [1.82, 2.24) is 0 Å². The second kappa shape index (κ2) is 6.65. The first kappa shape index (κ1) is 11.0. The van der Waals surface area contributed by atoms with Crippen LogP contribution in [0.25, 0.3) is 0 Å². The Labute approximate surface area is 73.9 Å². The molecule has 0 aromatic carbocycles. The molecular formula is C10H16O2. The van der Waals surface area contributed by atoms with Crippen LogP contribution in [0.4, 0.5) is 0 Å². The highest BCUT2D eigenvalue weighted by Gasteiger charge is 1.96. The molecule has 12 heavy (non-hydrogen) atoms. The molecule has 0 atom stereocenters. The molecule has 0 unspecified atom stereocenters. The number of unbranched alkanes of at least 4 members (excludes halogenated alkanes) is 1. The summed E-state index contributed by atoms with van der Waals surface area (Å²) in [4.78, 5) is 10.9. The van der Waals surface area contributed by atoms with E-state index in [0.717, 1.165) is 18.4 Å². The summed E-state index contributed by atoms with van der Waals surface area (Å²) in [6, 6.07) is 0. The Morgan fingerprint density at radius 1 is 1.58 bits per heavy atom. The van der Waals surface area contributed by atoms with E-state index >= 15 is 0 Å². The number of rotatable bonds is 5. The van der Waals surface area contributed by atoms with Crippen LogP contribution >= 0.6 is 0 Å². The molecular weight excluding hydrogens is 152 g/mol. The standard InChI is InChI=1S/C10H16O2/c1-4-6-7-12-10(11)8-9(3)5-2/h5,8H,2,4,6-7H2,1,3H3. The molecule has 0 aliphatic carbocycles. The van der Waals surface area contributed by atoms with Crippen LogP contribution in [0.1, 0.15) is 26.7 Å². The molecule has 0 bridgehead atoms. The molecule has 0 fully saturated rings. The first-order chi connectivity index (χ1) is 5.70. The Hall–Kier alpha value is -1.05. The Balaban J connectivity index is 3.66. The van der Waals surface area contributed by atoms with E-state index in [-0.39, 0.29) is 5.97 Å². The van der Waals surface area contributed by atoms with Gasteiger partial charge in [0.2, 0.25) is 0 Å². The van der Waals surface area contributed by atoms with Gasteiger partial charge in [-0.2, -0.15) is 0 Å². The predicted octanol–water partition coefficient (Wildman–Crippen LogP) is 2.46. The van der Waals surface area contributed by atoms with Crippen molar-refractivity contribution in [1.29, 1.82) is 0 Å². The van der Waals surface area contributed by atoms with Gasteiger partial charge in [0.1, 0.15) is 0 Å². The summed E-state index contributed by atoms with van der Waals surface area (Å²) < 4.78 is 4.89. The van der Waals surface area contributed by atoms with Crippen molar-refractivity contribution in [2.75, 3.05) is 6.61 Å². The van der Waals surface area contributed by atoms with Crippen molar-refractivity contribution in [3.8, 4) is 0 Å². The lowest BCUT2D eigenvalue weighted by atomic mass is 10.3. The first-order valence-corrected chi connectivity index (χ1v) is 4.18. The van der Waals surface area contributed by atoms with Gasteiger partial charge in [-0.3, -0.25) is 0 Å². The maximum atomic E-state index is 10.9. The van der Waals surface area contributed by atoms with Crippen molar-refractivity contribution in [2.24, 2.45) is 0 Å². The Morgan fingerprint density at radius 2 is 2.25 bits per heavy atom. The second-order valence-corrected chi connectivity index (χ2v) is 2.61. The molecule has 0 N–H and O–H groups in total. The molecule has 0 spiro atoms. The van der Waals surface area contributed by atoms with Gasteiger partial charge in [-0.25, -0.2) is 4.79 Å². The molecule has 0 aromatic rings. The molecule has 2 nitrogen and oxygen atoms in total. The summed E-state index contributed by atoms with van der Waals surface area (Å²) >= 11 is 0. The average molecular weight is 168 g/mol. The minimum atomic E-state index is -0.277. The number of hydrogen-bond donors (Lipinski definition) is 0. The van der Waals surface area contributed by atoms with E-state index < -0.39 is 0 Å². The fraction of sp³-hybridized carbons (Fsp3) is 0.500. The molecule has 0 radical (unpaired) electrons. The quantitative estimate of drug-likeness (QED) is 0.273. The first-order valence-electron chi connectivity index (χ1n) is 4.18. The van der Waals surface area contributed by atoms with Gasteiger partial charge >= 0.3 is 5.97 Å². The van der Waals surface area contributed by atoms with Gasteiger partial charge in [-0.1, -0.05) is 26.0 Å². The molecule has 0 rings (SSSR count). The summed E-state index contributed by atoms with van der Waals surface area (Å²) in [7, 11) is 0. The molecule has 0 amide bonds. The van der Waals surface area contributed by atoms with Crippen LogP contribution in [0, 0.1) is 0 Å². The molecule has 0 saturated carbocycles. The molecule has 0 heterocycles. The van der Waals surface area contributed by atoms with Gasteiger partial charge in [-0.15, -0.1) is 0 Å². The van der Waals surface area contributed by atoms with Crippen LogP contribution < -0.4 is 0 Å². The third-order valence-corrected chi connectivity index (χ3v) is 1.41. The van der Waals surface area contributed by atoms with Gasteiger partial charge in [0.05, 0.1) is 6.61 Å². The van der Waals surface area contributed by atoms with Crippen LogP contribution in [0.5, 0.6) is 0 Å². The lowest BCUT2D eigenvalue weighted by Gasteiger charge is -1.99. The SMILES string of the molecule is C=CC(C)=CC(=O)OCCCC. The Bertz CT molecular complexity index is 180. The van der Waals surface area contributed by atoms with Crippen LogP contribution in [-0.4, -0.2) is 12.6 Å². The fourth-order valence-corrected chi connectivity index (χ4v) is 0.604. The highest BCUT2D eigenvalue weighted by atomic mass is 16.5. The number of hydrogen-bond acceptors (Lipinski definition) is 2. The third kappa shape index (κ3) is 5.71. The van der Waals surface area contributed by atoms with E-state index in [1.165, 1.54) is 6.08 Å². The molecule has 0 aliphatic heterocycles. The zero-order valence-corrected chi connectivity index (χ0v) is 7.80. The van der Waals surface area contributed by atoms with Crippen molar-refractivity contribution in [3.63, 3.8) is 0 Å². The largest absolute Gasteiger partial charge is 0.463 e. The fourth-order valence-electron chi connectivity index (χ4n) is 0.604. The highest BCUT2D eigenvalue weighted by Crippen LogP contribution is 1.95. The number of allylic oxidation sites excluding steroid dienone is 2. The smallest absolute Gasteiger partial charge is 0.331 e. The normalized spacial score (nSPS) is 11.0. The van der Waals surface area contributed by atoms with E-state index in [2.05, 4.69) is 13.5 Å². The summed E-state index contributed by atoms with van der Waals surface area (Å²) in [5, 5.41) is 0. The molecule has 68 valence electrons. The summed E-state index contributed by atoms with van der Waals surface area (Å²) in [5.41, 5.74) is 0.830. The molecule has 2 heteroatoms. The zero-order chi connectivity index (χ0) is 9.40. The second-order valence-electron chi connectivity index (χ2n) is 2.61. The molecule has 0 aromatic heterocycles. The third-order valence-electron chi connectivity index (χ3n) is 1.41. The zero-order valence-electron chi connectivity index (χ0n) is 7.80. The minimum absolute atomic E-state index is 0.277. The van der Waals surface area contributed by atoms with Crippen molar-refractivity contribution >= 4 is 5.97 Å². The Kier molecular flexibility index (Phi) is 6.07. The van der Waals surface area contributed by atoms with Crippen LogP contribution in [0.2, 0.25) is 0 Å². The lowest BCUT2D eigenvalue weighted by Crippen LogP contribution is -2.02. The highest BCUT2D eigenvalue weighted by molar-refractivity contribution is 5.83. The van der Waals surface area contributed by atoms with Crippen molar-refractivity contribution < 1.29 is 9.53 Å². The predicted molar refractivity (Wildman–Crippen MR) is 49.8 cm³/mol. The summed E-state index contributed by atoms with van der Waals surface area (Å²) in [6.45, 7) is 7.91. The van der Waals surface area contributed by atoms with Gasteiger partial charge in [0.15, 0.2) is 0 Å². The summed E-state index contributed by atoms with van der Waals surface area (Å²) in [5.74, 6) is -0.277. The van der Waals surface area contributed by atoms with Crippen LogP contribution in [0.15, 0.2) is 24.3 Å². The summed E-state index contributed by atoms with van der Waals surface area (Å²) in [6.07, 6.45) is 5.04. The van der Waals surface area contributed by atoms with E-state index in [4.69, 9.17) is 4.74 Å². The van der Waals surface area contributed by atoms with E-state index in [1.54, 1.807) is 6.08 Å². The Morgan fingerprint density at radius 3 is 2.75 bits per heavy atom. The van der Waals surface area contributed by atoms with Crippen molar-refractivity contribution in [3.05, 3.63) is 24.3 Å². The van der Waals surface area contributed by atoms with E-state index in [0.29, 0.717) is 6.61 Å². The van der Waals surface area contributed by atoms with Gasteiger partial charge < -0.3 is 4.74 Å². The monoisotopic (exact) mass is 168 g/mol. The number of esters is 1. The molecule has 0 aliphatic rings. The lowest BCUT2D eigenvalue weighted by molar-refractivity contribution is -0.137. The maximum Gasteiger partial charge on any atom is 0.331 e. The van der Waals surface area contributed by atoms with Crippen LogP contribution in [-0.2, 0) is 9.53 Å². The van der Waals surface area contributed by atoms with Gasteiger partial charge in [0.25, 0.3) is 0 Å². The maximum absolute atomic E-state index is 10.9. The topological polar surface area (TPSA) is 26.3 Å².